The number of rotatable bonds is 7. The quantitative estimate of drug-likeness (QED) is 0.564. The van der Waals surface area contributed by atoms with Crippen LogP contribution < -0.4 is 10.0 Å². The van der Waals surface area contributed by atoms with Crippen LogP contribution in [0.2, 0.25) is 0 Å². The Kier molecular flexibility index (Phi) is 6.53. The summed E-state index contributed by atoms with van der Waals surface area (Å²) in [4.78, 5) is 21.0. The van der Waals surface area contributed by atoms with E-state index in [2.05, 4.69) is 20.0 Å². The summed E-state index contributed by atoms with van der Waals surface area (Å²) < 4.78 is 25.7. The molecule has 0 bridgehead atoms. The van der Waals surface area contributed by atoms with Gasteiger partial charge in [-0.15, -0.1) is 11.3 Å². The van der Waals surface area contributed by atoms with E-state index in [4.69, 9.17) is 0 Å². The lowest BCUT2D eigenvalue weighted by Crippen LogP contribution is -2.24. The van der Waals surface area contributed by atoms with Gasteiger partial charge in [-0.1, -0.05) is 12.1 Å². The largest absolute Gasteiger partial charge is 0.344 e. The Bertz CT molecular complexity index is 1110. The van der Waals surface area contributed by atoms with Crippen LogP contribution in [0.3, 0.4) is 0 Å². The number of benzene rings is 1. The number of hydrogen-bond acceptors (Lipinski definition) is 6. The minimum atomic E-state index is -3.47. The van der Waals surface area contributed by atoms with E-state index in [1.54, 1.807) is 30.6 Å². The van der Waals surface area contributed by atoms with Gasteiger partial charge in [-0.05, 0) is 49.9 Å². The van der Waals surface area contributed by atoms with E-state index in [-0.39, 0.29) is 16.8 Å². The molecule has 0 aliphatic carbocycles. The van der Waals surface area contributed by atoms with Crippen LogP contribution in [-0.4, -0.2) is 31.3 Å². The SMILES string of the molecule is CNS(=O)(=O)c1ccc(C=CC(=O)NC(C)c2nc(-c3cccnc3)cs2)cc1. The lowest BCUT2D eigenvalue weighted by Gasteiger charge is -2.09. The Balaban J connectivity index is 1.61. The predicted octanol–water partition coefficient (Wildman–Crippen LogP) is 3.00. The van der Waals surface area contributed by atoms with E-state index >= 15 is 0 Å². The third-order valence-electron chi connectivity index (χ3n) is 4.09. The number of hydrogen-bond donors (Lipinski definition) is 2. The molecule has 0 fully saturated rings. The Morgan fingerprint density at radius 3 is 2.62 bits per heavy atom. The fourth-order valence-electron chi connectivity index (χ4n) is 2.50. The number of aromatic nitrogens is 2. The van der Waals surface area contributed by atoms with Crippen molar-refractivity contribution in [1.82, 2.24) is 20.0 Å². The Morgan fingerprint density at radius 2 is 1.97 bits per heavy atom. The van der Waals surface area contributed by atoms with Crippen LogP contribution in [-0.2, 0) is 14.8 Å². The van der Waals surface area contributed by atoms with Gasteiger partial charge in [0.1, 0.15) is 5.01 Å². The Labute approximate surface area is 173 Å². The van der Waals surface area contributed by atoms with Gasteiger partial charge < -0.3 is 5.32 Å². The van der Waals surface area contributed by atoms with Gasteiger partial charge >= 0.3 is 0 Å². The molecule has 1 aromatic carbocycles. The van der Waals surface area contributed by atoms with E-state index in [0.29, 0.717) is 0 Å². The van der Waals surface area contributed by atoms with Crippen LogP contribution in [0.4, 0.5) is 0 Å². The molecule has 0 spiro atoms. The molecule has 150 valence electrons. The molecule has 0 saturated carbocycles. The molecule has 2 heterocycles. The molecule has 3 aromatic rings. The molecule has 2 aromatic heterocycles. The summed E-state index contributed by atoms with van der Waals surface area (Å²) >= 11 is 1.47. The van der Waals surface area contributed by atoms with Crippen molar-refractivity contribution in [1.29, 1.82) is 0 Å². The highest BCUT2D eigenvalue weighted by molar-refractivity contribution is 7.89. The van der Waals surface area contributed by atoms with Gasteiger partial charge in [0, 0.05) is 29.4 Å². The molecule has 0 aliphatic heterocycles. The fraction of sp³-hybridized carbons (Fsp3) is 0.150. The summed E-state index contributed by atoms with van der Waals surface area (Å²) in [5.41, 5.74) is 2.47. The summed E-state index contributed by atoms with van der Waals surface area (Å²) in [6, 6.07) is 9.79. The van der Waals surface area contributed by atoms with Crippen LogP contribution in [0, 0.1) is 0 Å². The highest BCUT2D eigenvalue weighted by Gasteiger charge is 2.13. The molecule has 1 amide bonds. The lowest BCUT2D eigenvalue weighted by atomic mass is 10.2. The summed E-state index contributed by atoms with van der Waals surface area (Å²) in [5.74, 6) is -0.262. The number of thiazole rings is 1. The summed E-state index contributed by atoms with van der Waals surface area (Å²) in [7, 11) is -2.12. The van der Waals surface area contributed by atoms with E-state index in [1.165, 1.54) is 36.6 Å². The van der Waals surface area contributed by atoms with Crippen molar-refractivity contribution in [3.05, 3.63) is 70.8 Å². The number of nitrogens with one attached hydrogen (secondary N) is 2. The molecular weight excluding hydrogens is 408 g/mol. The number of pyridine rings is 1. The van der Waals surface area contributed by atoms with Gasteiger partial charge in [-0.25, -0.2) is 18.1 Å². The minimum Gasteiger partial charge on any atom is -0.344 e. The third kappa shape index (κ3) is 5.35. The molecule has 0 saturated heterocycles. The maximum absolute atomic E-state index is 12.2. The molecule has 0 aliphatic rings. The van der Waals surface area contributed by atoms with E-state index < -0.39 is 10.0 Å². The number of nitrogens with zero attached hydrogens (tertiary/aromatic N) is 2. The molecule has 0 radical (unpaired) electrons. The molecule has 1 atom stereocenters. The monoisotopic (exact) mass is 428 g/mol. The molecular formula is C20H20N4O3S2. The smallest absolute Gasteiger partial charge is 0.244 e. The van der Waals surface area contributed by atoms with Crippen molar-refractivity contribution >= 4 is 33.3 Å². The number of sulfonamides is 1. The van der Waals surface area contributed by atoms with Crippen LogP contribution >= 0.6 is 11.3 Å². The first kappa shape index (κ1) is 20.8. The van der Waals surface area contributed by atoms with E-state index in [0.717, 1.165) is 21.8 Å². The first-order chi connectivity index (χ1) is 13.9. The van der Waals surface area contributed by atoms with E-state index in [9.17, 15) is 13.2 Å². The Morgan fingerprint density at radius 1 is 1.21 bits per heavy atom. The first-order valence-electron chi connectivity index (χ1n) is 8.77. The average Bonchev–Trinajstić information content (AvgIpc) is 3.24. The highest BCUT2D eigenvalue weighted by atomic mass is 32.2. The van der Waals surface area contributed by atoms with Crippen molar-refractivity contribution in [2.24, 2.45) is 0 Å². The van der Waals surface area contributed by atoms with Gasteiger partial charge in [-0.2, -0.15) is 0 Å². The topological polar surface area (TPSA) is 101 Å². The van der Waals surface area contributed by atoms with Gasteiger partial charge in [-0.3, -0.25) is 9.78 Å². The zero-order chi connectivity index (χ0) is 20.9. The predicted molar refractivity (Wildman–Crippen MR) is 114 cm³/mol. The second-order valence-corrected chi connectivity index (χ2v) is 8.93. The molecule has 3 rings (SSSR count). The normalized spacial score (nSPS) is 12.8. The maximum atomic E-state index is 12.2. The highest BCUT2D eigenvalue weighted by Crippen LogP contribution is 2.24. The molecule has 2 N–H and O–H groups in total. The Hall–Kier alpha value is -2.88. The lowest BCUT2D eigenvalue weighted by molar-refractivity contribution is -0.117. The van der Waals surface area contributed by atoms with Gasteiger partial charge in [0.05, 0.1) is 16.6 Å². The van der Waals surface area contributed by atoms with Gasteiger partial charge in [0.25, 0.3) is 0 Å². The van der Waals surface area contributed by atoms with Gasteiger partial charge in [0.2, 0.25) is 15.9 Å². The first-order valence-corrected chi connectivity index (χ1v) is 11.1. The van der Waals surface area contributed by atoms with Crippen molar-refractivity contribution in [2.75, 3.05) is 7.05 Å². The number of carbonyl (C=O) groups excluding carboxylic acids is 1. The fourth-order valence-corrected chi connectivity index (χ4v) is 4.07. The molecule has 29 heavy (non-hydrogen) atoms. The zero-order valence-electron chi connectivity index (χ0n) is 15.9. The van der Waals surface area contributed by atoms with Crippen LogP contribution in [0.1, 0.15) is 23.5 Å². The number of carbonyl (C=O) groups is 1. The van der Waals surface area contributed by atoms with Crippen LogP contribution in [0.25, 0.3) is 17.3 Å². The molecule has 9 heteroatoms. The van der Waals surface area contributed by atoms with Crippen LogP contribution in [0.15, 0.2) is 65.1 Å². The van der Waals surface area contributed by atoms with Crippen molar-refractivity contribution in [3.63, 3.8) is 0 Å². The minimum absolute atomic E-state index is 0.170. The van der Waals surface area contributed by atoms with Crippen molar-refractivity contribution < 1.29 is 13.2 Å². The summed E-state index contributed by atoms with van der Waals surface area (Å²) in [6.45, 7) is 1.87. The maximum Gasteiger partial charge on any atom is 0.244 e. The van der Waals surface area contributed by atoms with Gasteiger partial charge in [0.15, 0.2) is 0 Å². The molecule has 1 unspecified atom stereocenters. The zero-order valence-corrected chi connectivity index (χ0v) is 17.5. The van der Waals surface area contributed by atoms with E-state index in [1.807, 2.05) is 24.4 Å². The van der Waals surface area contributed by atoms with Crippen molar-refractivity contribution in [2.45, 2.75) is 17.9 Å². The molecule has 7 nitrogen and oxygen atoms in total. The number of amides is 1. The average molecular weight is 429 g/mol. The summed E-state index contributed by atoms with van der Waals surface area (Å²) in [5, 5.41) is 5.61. The van der Waals surface area contributed by atoms with Crippen LogP contribution in [0.5, 0.6) is 0 Å². The second kappa shape index (κ2) is 9.08. The van der Waals surface area contributed by atoms with Crippen molar-refractivity contribution in [3.8, 4) is 11.3 Å². The third-order valence-corrected chi connectivity index (χ3v) is 6.55. The summed E-state index contributed by atoms with van der Waals surface area (Å²) in [6.07, 6.45) is 6.49. The standard InChI is InChI=1S/C20H20N4O3S2/c1-14(20-24-18(13-28-20)16-4-3-11-22-12-16)23-19(25)10-7-15-5-8-17(9-6-15)29(26,27)21-2/h3-14,21H,1-2H3,(H,23,25). The second-order valence-electron chi connectivity index (χ2n) is 6.15.